The van der Waals surface area contributed by atoms with E-state index in [0.717, 1.165) is 13.1 Å². The van der Waals surface area contributed by atoms with Crippen molar-refractivity contribution < 1.29 is 14.3 Å². The molecule has 2 N–H and O–H groups in total. The number of benzene rings is 2. The van der Waals surface area contributed by atoms with Gasteiger partial charge in [0.25, 0.3) is 0 Å². The molecule has 0 aromatic heterocycles. The first kappa shape index (κ1) is 21.3. The van der Waals surface area contributed by atoms with Crippen molar-refractivity contribution in [3.63, 3.8) is 0 Å². The summed E-state index contributed by atoms with van der Waals surface area (Å²) < 4.78 is 5.27. The van der Waals surface area contributed by atoms with Crippen LogP contribution in [0.5, 0.6) is 0 Å². The van der Waals surface area contributed by atoms with Crippen LogP contribution in [0.15, 0.2) is 48.5 Å². The summed E-state index contributed by atoms with van der Waals surface area (Å²) in [7, 11) is 0. The first-order chi connectivity index (χ1) is 14.0. The quantitative estimate of drug-likeness (QED) is 0.677. The largest absolute Gasteiger partial charge is 0.379 e. The van der Waals surface area contributed by atoms with Crippen LogP contribution in [0.1, 0.15) is 5.56 Å². The molecule has 0 spiro atoms. The fourth-order valence-corrected chi connectivity index (χ4v) is 3.26. The van der Waals surface area contributed by atoms with Crippen molar-refractivity contribution in [1.29, 1.82) is 0 Å². The van der Waals surface area contributed by atoms with Crippen molar-refractivity contribution in [2.24, 2.45) is 0 Å². The lowest BCUT2D eigenvalue weighted by Gasteiger charge is -2.25. The number of morpholine rings is 1. The molecule has 0 bridgehead atoms. The van der Waals surface area contributed by atoms with Gasteiger partial charge < -0.3 is 15.4 Å². The number of hydrogen-bond acceptors (Lipinski definition) is 4. The molecule has 2 amide bonds. The van der Waals surface area contributed by atoms with Gasteiger partial charge in [0.1, 0.15) is 0 Å². The normalized spacial score (nSPS) is 14.7. The Morgan fingerprint density at radius 1 is 1.00 bits per heavy atom. The summed E-state index contributed by atoms with van der Waals surface area (Å²) in [6, 6.07) is 12.0. The maximum Gasteiger partial charge on any atom is 0.248 e. The number of halogens is 2. The molecule has 0 saturated carbocycles. The molecule has 152 valence electrons. The Kier molecular flexibility index (Phi) is 7.66. The Labute approximate surface area is 179 Å². The molecule has 1 saturated heterocycles. The molecule has 29 heavy (non-hydrogen) atoms. The highest BCUT2D eigenvalue weighted by molar-refractivity contribution is 6.35. The molecule has 1 aliphatic rings. The van der Waals surface area contributed by atoms with Crippen LogP contribution >= 0.6 is 23.2 Å². The predicted molar refractivity (Wildman–Crippen MR) is 116 cm³/mol. The van der Waals surface area contributed by atoms with Crippen LogP contribution in [0.2, 0.25) is 10.0 Å². The van der Waals surface area contributed by atoms with Gasteiger partial charge in [-0.1, -0.05) is 29.3 Å². The Morgan fingerprint density at radius 2 is 1.66 bits per heavy atom. The highest BCUT2D eigenvalue weighted by Gasteiger charge is 2.14. The fraction of sp³-hybridized carbons (Fsp3) is 0.238. The van der Waals surface area contributed by atoms with Crippen LogP contribution in [0.4, 0.5) is 11.4 Å². The van der Waals surface area contributed by atoms with E-state index in [1.54, 1.807) is 48.5 Å². The molecule has 1 fully saturated rings. The van der Waals surface area contributed by atoms with Crippen molar-refractivity contribution in [2.45, 2.75) is 0 Å². The lowest BCUT2D eigenvalue weighted by atomic mass is 10.2. The summed E-state index contributed by atoms with van der Waals surface area (Å²) in [5.41, 5.74) is 1.99. The molecule has 0 unspecified atom stereocenters. The second kappa shape index (κ2) is 10.4. The molecular weight excluding hydrogens is 413 g/mol. The maximum absolute atomic E-state index is 12.1. The monoisotopic (exact) mass is 433 g/mol. The van der Waals surface area contributed by atoms with E-state index in [9.17, 15) is 9.59 Å². The van der Waals surface area contributed by atoms with Gasteiger partial charge in [-0.05, 0) is 48.0 Å². The van der Waals surface area contributed by atoms with Crippen LogP contribution in [0.3, 0.4) is 0 Å². The third-order valence-electron chi connectivity index (χ3n) is 4.28. The van der Waals surface area contributed by atoms with Crippen molar-refractivity contribution in [2.75, 3.05) is 43.5 Å². The molecule has 8 heteroatoms. The Bertz CT molecular complexity index is 895. The SMILES string of the molecule is O=C(/C=C/c1ccc(Cl)cc1Cl)Nc1ccc(NC(=O)CN2CCOCC2)cc1. The number of nitrogens with one attached hydrogen (secondary N) is 2. The standard InChI is InChI=1S/C21H21Cl2N3O3/c22-16-3-1-15(19(23)13-16)2-8-20(27)24-17-4-6-18(7-5-17)25-21(28)14-26-9-11-29-12-10-26/h1-8,13H,9-12,14H2,(H,24,27)(H,25,28)/b8-2+. The molecule has 0 atom stereocenters. The Hall–Kier alpha value is -2.38. The van der Waals surface area contributed by atoms with Crippen LogP contribution in [0.25, 0.3) is 6.08 Å². The number of anilines is 2. The summed E-state index contributed by atoms with van der Waals surface area (Å²) >= 11 is 11.9. The highest BCUT2D eigenvalue weighted by Crippen LogP contribution is 2.22. The molecule has 1 heterocycles. The highest BCUT2D eigenvalue weighted by atomic mass is 35.5. The first-order valence-corrected chi connectivity index (χ1v) is 9.89. The number of rotatable bonds is 6. The average molecular weight is 434 g/mol. The number of ether oxygens (including phenoxy) is 1. The number of amides is 2. The third-order valence-corrected chi connectivity index (χ3v) is 4.85. The van der Waals surface area contributed by atoms with E-state index in [2.05, 4.69) is 10.6 Å². The molecule has 2 aromatic rings. The summed E-state index contributed by atoms with van der Waals surface area (Å²) in [4.78, 5) is 26.3. The number of nitrogens with zero attached hydrogens (tertiary/aromatic N) is 1. The predicted octanol–water partition coefficient (Wildman–Crippen LogP) is 3.92. The van der Waals surface area contributed by atoms with Crippen LogP contribution < -0.4 is 10.6 Å². The van der Waals surface area contributed by atoms with Crippen LogP contribution in [-0.2, 0) is 14.3 Å². The van der Waals surface area contributed by atoms with Crippen molar-refractivity contribution in [3.8, 4) is 0 Å². The van der Waals surface area contributed by atoms with Crippen LogP contribution in [-0.4, -0.2) is 49.6 Å². The maximum atomic E-state index is 12.1. The summed E-state index contributed by atoms with van der Waals surface area (Å²) in [6.45, 7) is 3.15. The van der Waals surface area contributed by atoms with Gasteiger partial charge in [-0.3, -0.25) is 14.5 Å². The molecular formula is C21H21Cl2N3O3. The molecule has 2 aromatic carbocycles. The lowest BCUT2D eigenvalue weighted by molar-refractivity contribution is -0.118. The van der Waals surface area contributed by atoms with Gasteiger partial charge in [0.15, 0.2) is 0 Å². The molecule has 3 rings (SSSR count). The van der Waals surface area contributed by atoms with Gasteiger partial charge in [0, 0.05) is 40.6 Å². The Morgan fingerprint density at radius 3 is 2.31 bits per heavy atom. The number of hydrogen-bond donors (Lipinski definition) is 2. The zero-order valence-corrected chi connectivity index (χ0v) is 17.2. The van der Waals surface area contributed by atoms with Gasteiger partial charge in [-0.15, -0.1) is 0 Å². The van der Waals surface area contributed by atoms with E-state index < -0.39 is 0 Å². The summed E-state index contributed by atoms with van der Waals surface area (Å²) in [5, 5.41) is 6.62. The van der Waals surface area contributed by atoms with Gasteiger partial charge >= 0.3 is 0 Å². The van der Waals surface area contributed by atoms with Crippen molar-refractivity contribution in [3.05, 3.63) is 64.1 Å². The minimum absolute atomic E-state index is 0.0773. The second-order valence-corrected chi connectivity index (χ2v) is 7.35. The van der Waals surface area contributed by atoms with E-state index in [4.69, 9.17) is 27.9 Å². The van der Waals surface area contributed by atoms with Gasteiger partial charge in [-0.2, -0.15) is 0 Å². The first-order valence-electron chi connectivity index (χ1n) is 9.14. The zero-order valence-electron chi connectivity index (χ0n) is 15.7. The van der Waals surface area contributed by atoms with E-state index in [0.29, 0.717) is 46.7 Å². The lowest BCUT2D eigenvalue weighted by Crippen LogP contribution is -2.41. The topological polar surface area (TPSA) is 70.7 Å². The number of carbonyl (C=O) groups excluding carboxylic acids is 2. The Balaban J connectivity index is 1.49. The average Bonchev–Trinajstić information content (AvgIpc) is 2.69. The summed E-state index contributed by atoms with van der Waals surface area (Å²) in [6.07, 6.45) is 3.02. The molecule has 0 radical (unpaired) electrons. The minimum Gasteiger partial charge on any atom is -0.379 e. The molecule has 1 aliphatic heterocycles. The fourth-order valence-electron chi connectivity index (χ4n) is 2.79. The number of carbonyl (C=O) groups is 2. The molecule has 6 nitrogen and oxygen atoms in total. The molecule has 0 aliphatic carbocycles. The van der Waals surface area contributed by atoms with Crippen molar-refractivity contribution in [1.82, 2.24) is 4.90 Å². The van der Waals surface area contributed by atoms with Gasteiger partial charge in [-0.25, -0.2) is 0 Å². The van der Waals surface area contributed by atoms with Gasteiger partial charge in [0.05, 0.1) is 19.8 Å². The van der Waals surface area contributed by atoms with Gasteiger partial charge in [0.2, 0.25) is 11.8 Å². The van der Waals surface area contributed by atoms with E-state index in [1.165, 1.54) is 6.08 Å². The van der Waals surface area contributed by atoms with E-state index >= 15 is 0 Å². The van der Waals surface area contributed by atoms with Crippen molar-refractivity contribution >= 4 is 52.5 Å². The zero-order chi connectivity index (χ0) is 20.6. The van der Waals surface area contributed by atoms with Crippen LogP contribution in [0, 0.1) is 0 Å². The smallest absolute Gasteiger partial charge is 0.248 e. The second-order valence-electron chi connectivity index (χ2n) is 6.50. The summed E-state index contributed by atoms with van der Waals surface area (Å²) in [5.74, 6) is -0.369. The van der Waals surface area contributed by atoms with E-state index in [1.807, 2.05) is 4.90 Å². The third kappa shape index (κ3) is 6.87. The van der Waals surface area contributed by atoms with E-state index in [-0.39, 0.29) is 11.8 Å². The minimum atomic E-state index is -0.292.